The van der Waals surface area contributed by atoms with Gasteiger partial charge in [0.15, 0.2) is 5.72 Å². The first-order valence-electron chi connectivity index (χ1n) is 7.58. The van der Waals surface area contributed by atoms with E-state index in [1.807, 2.05) is 30.3 Å². The Balaban J connectivity index is 1.76. The van der Waals surface area contributed by atoms with Crippen molar-refractivity contribution in [1.82, 2.24) is 5.32 Å². The molecule has 116 valence electrons. The number of hydrogen-bond donors (Lipinski definition) is 2. The molecule has 1 aliphatic heterocycles. The van der Waals surface area contributed by atoms with Gasteiger partial charge in [0.1, 0.15) is 11.6 Å². The molecule has 1 heterocycles. The lowest BCUT2D eigenvalue weighted by Gasteiger charge is -2.39. The topological polar surface area (TPSA) is 41.5 Å². The summed E-state index contributed by atoms with van der Waals surface area (Å²) in [7, 11) is 0. The van der Waals surface area contributed by atoms with Crippen LogP contribution >= 0.6 is 0 Å². The second kappa shape index (κ2) is 6.46. The smallest absolute Gasteiger partial charge is 0.163 e. The van der Waals surface area contributed by atoms with E-state index in [0.717, 1.165) is 17.5 Å². The summed E-state index contributed by atoms with van der Waals surface area (Å²) in [5.74, 6) is 0.455. The van der Waals surface area contributed by atoms with Crippen LogP contribution in [0.2, 0.25) is 0 Å². The summed E-state index contributed by atoms with van der Waals surface area (Å²) in [4.78, 5) is 0. The average molecular weight is 301 g/mol. The van der Waals surface area contributed by atoms with Crippen LogP contribution in [-0.4, -0.2) is 17.4 Å². The van der Waals surface area contributed by atoms with Crippen molar-refractivity contribution >= 4 is 0 Å². The fourth-order valence-electron chi connectivity index (χ4n) is 2.87. The van der Waals surface area contributed by atoms with Crippen molar-refractivity contribution in [2.75, 3.05) is 6.61 Å². The highest BCUT2D eigenvalue weighted by Crippen LogP contribution is 2.34. The Kier molecular flexibility index (Phi) is 4.41. The number of aliphatic hydroxyl groups is 1. The molecular weight excluding hydrogens is 281 g/mol. The van der Waals surface area contributed by atoms with Gasteiger partial charge in [-0.3, -0.25) is 5.32 Å². The summed E-state index contributed by atoms with van der Waals surface area (Å²) < 4.78 is 19.4. The lowest BCUT2D eigenvalue weighted by Crippen LogP contribution is -2.52. The van der Waals surface area contributed by atoms with E-state index in [1.54, 1.807) is 6.07 Å². The largest absolute Gasteiger partial charge is 0.472 e. The molecule has 4 heteroatoms. The Hall–Kier alpha value is -1.91. The highest BCUT2D eigenvalue weighted by molar-refractivity contribution is 5.36. The molecule has 0 spiro atoms. The van der Waals surface area contributed by atoms with E-state index in [9.17, 15) is 9.50 Å². The molecule has 0 aliphatic carbocycles. The van der Waals surface area contributed by atoms with Crippen LogP contribution in [0.4, 0.5) is 4.39 Å². The molecule has 2 aromatic carbocycles. The van der Waals surface area contributed by atoms with E-state index in [2.05, 4.69) is 5.32 Å². The number of nitrogens with one attached hydrogen (secondary N) is 1. The van der Waals surface area contributed by atoms with Crippen molar-refractivity contribution < 1.29 is 14.2 Å². The molecule has 3 rings (SSSR count). The quantitative estimate of drug-likeness (QED) is 0.892. The van der Waals surface area contributed by atoms with Crippen LogP contribution in [0, 0.1) is 5.82 Å². The maximum Gasteiger partial charge on any atom is 0.163 e. The van der Waals surface area contributed by atoms with Gasteiger partial charge in [-0.05, 0) is 35.7 Å². The number of rotatable bonds is 5. The zero-order valence-electron chi connectivity index (χ0n) is 12.4. The Morgan fingerprint density at radius 2 is 2.00 bits per heavy atom. The lowest BCUT2D eigenvalue weighted by molar-refractivity contribution is -0.0109. The number of fused-ring (bicyclic) bond motifs is 1. The van der Waals surface area contributed by atoms with Gasteiger partial charge in [-0.25, -0.2) is 4.39 Å². The molecule has 0 amide bonds. The van der Waals surface area contributed by atoms with Crippen molar-refractivity contribution in [3.63, 3.8) is 0 Å². The predicted molar refractivity (Wildman–Crippen MR) is 83.1 cm³/mol. The number of aryl methyl sites for hydroxylation is 1. The van der Waals surface area contributed by atoms with Gasteiger partial charge in [0, 0.05) is 26.0 Å². The van der Waals surface area contributed by atoms with Crippen LogP contribution < -0.4 is 10.1 Å². The molecule has 0 saturated heterocycles. The molecule has 2 N–H and O–H groups in total. The fraction of sp³-hybridized carbons (Fsp3) is 0.333. The Bertz CT molecular complexity index is 632. The van der Waals surface area contributed by atoms with Crippen LogP contribution in [0.1, 0.15) is 24.0 Å². The monoisotopic (exact) mass is 301 g/mol. The normalized spacial score (nSPS) is 20.3. The first-order chi connectivity index (χ1) is 10.7. The van der Waals surface area contributed by atoms with E-state index in [0.29, 0.717) is 25.1 Å². The summed E-state index contributed by atoms with van der Waals surface area (Å²) in [5, 5.41) is 12.8. The second-order valence-electron chi connectivity index (χ2n) is 5.66. The van der Waals surface area contributed by atoms with Gasteiger partial charge in [0.25, 0.3) is 0 Å². The van der Waals surface area contributed by atoms with E-state index < -0.39 is 5.72 Å². The first-order valence-corrected chi connectivity index (χ1v) is 7.58. The number of ether oxygens (including phenoxy) is 1. The van der Waals surface area contributed by atoms with Gasteiger partial charge in [-0.15, -0.1) is 0 Å². The maximum absolute atomic E-state index is 13.3. The zero-order chi connectivity index (χ0) is 15.4. The Morgan fingerprint density at radius 1 is 1.18 bits per heavy atom. The summed E-state index contributed by atoms with van der Waals surface area (Å²) in [6.07, 6.45) is 1.93. The van der Waals surface area contributed by atoms with Crippen LogP contribution in [0.25, 0.3) is 0 Å². The number of hydrogen-bond acceptors (Lipinski definition) is 3. The van der Waals surface area contributed by atoms with Gasteiger partial charge < -0.3 is 9.84 Å². The molecule has 1 atom stereocenters. The van der Waals surface area contributed by atoms with Gasteiger partial charge in [0.2, 0.25) is 0 Å². The molecule has 22 heavy (non-hydrogen) atoms. The fourth-order valence-corrected chi connectivity index (χ4v) is 2.87. The second-order valence-corrected chi connectivity index (χ2v) is 5.66. The van der Waals surface area contributed by atoms with E-state index in [1.165, 1.54) is 12.1 Å². The molecule has 0 aromatic heterocycles. The van der Waals surface area contributed by atoms with E-state index in [-0.39, 0.29) is 12.4 Å². The molecule has 0 radical (unpaired) electrons. The lowest BCUT2D eigenvalue weighted by atomic mass is 9.95. The van der Waals surface area contributed by atoms with Crippen LogP contribution in [0.15, 0.2) is 48.5 Å². The molecule has 0 bridgehead atoms. The van der Waals surface area contributed by atoms with Crippen molar-refractivity contribution in [3.05, 3.63) is 65.5 Å². The molecular formula is C18H20FNO2. The SMILES string of the molecule is OCC[C@]1(NCc2ccccc2)CCc2cc(F)ccc2O1. The number of aliphatic hydroxyl groups excluding tert-OH is 1. The maximum atomic E-state index is 13.3. The number of halogens is 1. The molecule has 0 saturated carbocycles. The van der Waals surface area contributed by atoms with Crippen LogP contribution in [0.3, 0.4) is 0 Å². The third-order valence-corrected chi connectivity index (χ3v) is 4.10. The van der Waals surface area contributed by atoms with E-state index >= 15 is 0 Å². The van der Waals surface area contributed by atoms with Crippen molar-refractivity contribution in [2.45, 2.75) is 31.5 Å². The van der Waals surface area contributed by atoms with Gasteiger partial charge >= 0.3 is 0 Å². The summed E-state index contributed by atoms with van der Waals surface area (Å²) in [6.45, 7) is 0.704. The average Bonchev–Trinajstić information content (AvgIpc) is 2.55. The van der Waals surface area contributed by atoms with Crippen molar-refractivity contribution in [2.24, 2.45) is 0 Å². The summed E-state index contributed by atoms with van der Waals surface area (Å²) in [6, 6.07) is 14.7. The third-order valence-electron chi connectivity index (χ3n) is 4.10. The van der Waals surface area contributed by atoms with Crippen molar-refractivity contribution in [3.8, 4) is 5.75 Å². The molecule has 0 fully saturated rings. The minimum absolute atomic E-state index is 0.0400. The van der Waals surface area contributed by atoms with Gasteiger partial charge in [-0.2, -0.15) is 0 Å². The number of benzene rings is 2. The van der Waals surface area contributed by atoms with E-state index in [4.69, 9.17) is 4.74 Å². The molecule has 3 nitrogen and oxygen atoms in total. The standard InChI is InChI=1S/C18H20FNO2/c19-16-6-7-17-15(12-16)8-9-18(22-17,10-11-21)20-13-14-4-2-1-3-5-14/h1-7,12,20-21H,8-11,13H2/t18-/m0/s1. The highest BCUT2D eigenvalue weighted by atomic mass is 19.1. The molecule has 1 aliphatic rings. The minimum atomic E-state index is -0.602. The minimum Gasteiger partial charge on any atom is -0.472 e. The zero-order valence-corrected chi connectivity index (χ0v) is 12.4. The highest BCUT2D eigenvalue weighted by Gasteiger charge is 2.35. The third kappa shape index (κ3) is 3.29. The summed E-state index contributed by atoms with van der Waals surface area (Å²) in [5.41, 5.74) is 1.44. The predicted octanol–water partition coefficient (Wildman–Crippen LogP) is 3.02. The first kappa shape index (κ1) is 15.0. The molecule has 2 aromatic rings. The van der Waals surface area contributed by atoms with Crippen molar-refractivity contribution in [1.29, 1.82) is 0 Å². The van der Waals surface area contributed by atoms with Crippen LogP contribution in [0.5, 0.6) is 5.75 Å². The van der Waals surface area contributed by atoms with Gasteiger partial charge in [0.05, 0.1) is 0 Å². The Morgan fingerprint density at radius 3 is 2.77 bits per heavy atom. The molecule has 0 unspecified atom stereocenters. The van der Waals surface area contributed by atoms with Gasteiger partial charge in [-0.1, -0.05) is 30.3 Å². The Labute approximate surface area is 129 Å². The van der Waals surface area contributed by atoms with Crippen LogP contribution in [-0.2, 0) is 13.0 Å². The summed E-state index contributed by atoms with van der Waals surface area (Å²) >= 11 is 0.